The SMILES string of the molecule is Cl.F.F.F.F.Sc1ccc(Cl)c(Cl)c1Cl. The van der Waals surface area contributed by atoms with E-state index < -0.39 is 0 Å². The molecule has 0 aromatic heterocycles. The van der Waals surface area contributed by atoms with Gasteiger partial charge in [-0.3, -0.25) is 18.8 Å². The van der Waals surface area contributed by atoms with Gasteiger partial charge in [-0.05, 0) is 12.1 Å². The van der Waals surface area contributed by atoms with Crippen molar-refractivity contribution in [2.45, 2.75) is 4.90 Å². The zero-order chi connectivity index (χ0) is 7.72. The van der Waals surface area contributed by atoms with Gasteiger partial charge < -0.3 is 0 Å². The van der Waals surface area contributed by atoms with Crippen LogP contribution in [0.5, 0.6) is 0 Å². The Morgan fingerprint density at radius 3 is 1.53 bits per heavy atom. The third-order valence-corrected chi connectivity index (χ3v) is 2.81. The van der Waals surface area contributed by atoms with Crippen LogP contribution in [0, 0.1) is 0 Å². The Morgan fingerprint density at radius 1 is 0.800 bits per heavy atom. The topological polar surface area (TPSA) is 0 Å². The molecule has 0 radical (unpaired) electrons. The first-order valence-electron chi connectivity index (χ1n) is 2.45. The number of halogens is 8. The maximum absolute atomic E-state index is 5.69. The third kappa shape index (κ3) is 7.36. The Morgan fingerprint density at radius 2 is 1.20 bits per heavy atom. The van der Waals surface area contributed by atoms with Crippen molar-refractivity contribution in [3.05, 3.63) is 27.2 Å². The fourth-order valence-electron chi connectivity index (χ4n) is 0.516. The van der Waals surface area contributed by atoms with Crippen LogP contribution >= 0.6 is 59.8 Å². The molecule has 1 rings (SSSR count). The average molecular weight is 330 g/mol. The van der Waals surface area contributed by atoms with Gasteiger partial charge in [-0.25, -0.2) is 0 Å². The second-order valence-electron chi connectivity index (χ2n) is 1.69. The monoisotopic (exact) mass is 328 g/mol. The van der Waals surface area contributed by atoms with Gasteiger partial charge in [-0.1, -0.05) is 34.8 Å². The van der Waals surface area contributed by atoms with Crippen LogP contribution in [0.2, 0.25) is 15.1 Å². The molecule has 15 heavy (non-hydrogen) atoms. The van der Waals surface area contributed by atoms with Crippen LogP contribution in [0.3, 0.4) is 0 Å². The number of benzene rings is 1. The molecular formula is C6H8Cl4F4S. The molecule has 0 aliphatic rings. The van der Waals surface area contributed by atoms with E-state index in [1.807, 2.05) is 0 Å². The molecule has 9 heteroatoms. The summed E-state index contributed by atoms with van der Waals surface area (Å²) in [6, 6.07) is 3.34. The van der Waals surface area contributed by atoms with Crippen LogP contribution in [0.15, 0.2) is 17.0 Å². The molecule has 0 fully saturated rings. The average Bonchev–Trinajstić information content (AvgIpc) is 1.93. The minimum Gasteiger partial charge on any atom is -0.269 e. The Kier molecular flexibility index (Phi) is 24.7. The lowest BCUT2D eigenvalue weighted by atomic mass is 10.4. The van der Waals surface area contributed by atoms with Crippen molar-refractivity contribution in [3.63, 3.8) is 0 Å². The van der Waals surface area contributed by atoms with Crippen molar-refractivity contribution < 1.29 is 18.8 Å². The Balaban J connectivity index is -0.0000000667. The summed E-state index contributed by atoms with van der Waals surface area (Å²) in [4.78, 5) is 0.635. The normalized spacial score (nSPS) is 6.67. The van der Waals surface area contributed by atoms with Crippen LogP contribution < -0.4 is 0 Å². The van der Waals surface area contributed by atoms with Gasteiger partial charge in [0.25, 0.3) is 0 Å². The van der Waals surface area contributed by atoms with Crippen molar-refractivity contribution in [2.24, 2.45) is 0 Å². The zero-order valence-electron chi connectivity index (χ0n) is 6.78. The van der Waals surface area contributed by atoms with Crippen LogP contribution in [0.1, 0.15) is 0 Å². The van der Waals surface area contributed by atoms with Crippen molar-refractivity contribution in [1.82, 2.24) is 0 Å². The Hall–Kier alpha value is 0.450. The van der Waals surface area contributed by atoms with E-state index in [1.54, 1.807) is 12.1 Å². The summed E-state index contributed by atoms with van der Waals surface area (Å²) < 4.78 is 0. The number of hydrogen-bond donors (Lipinski definition) is 1. The van der Waals surface area contributed by atoms with E-state index in [1.165, 1.54) is 0 Å². The molecule has 94 valence electrons. The molecule has 1 aromatic carbocycles. The highest BCUT2D eigenvalue weighted by atomic mass is 35.5. The van der Waals surface area contributed by atoms with Crippen molar-refractivity contribution in [1.29, 1.82) is 0 Å². The zero-order valence-corrected chi connectivity index (χ0v) is 10.8. The summed E-state index contributed by atoms with van der Waals surface area (Å²) in [6.07, 6.45) is 0. The van der Waals surface area contributed by atoms with Gasteiger partial charge >= 0.3 is 0 Å². The van der Waals surface area contributed by atoms with E-state index in [0.717, 1.165) is 0 Å². The van der Waals surface area contributed by atoms with Crippen LogP contribution in [-0.4, -0.2) is 0 Å². The summed E-state index contributed by atoms with van der Waals surface area (Å²) in [5.41, 5.74) is 0. The molecule has 0 atom stereocenters. The lowest BCUT2D eigenvalue weighted by Crippen LogP contribution is -1.72. The number of hydrogen-bond acceptors (Lipinski definition) is 1. The fraction of sp³-hybridized carbons (Fsp3) is 0. The van der Waals surface area contributed by atoms with Gasteiger partial charge in [0.15, 0.2) is 0 Å². The molecule has 0 saturated heterocycles. The first-order chi connectivity index (χ1) is 4.63. The number of thiol groups is 1. The summed E-state index contributed by atoms with van der Waals surface area (Å²) in [7, 11) is 0. The van der Waals surface area contributed by atoms with Crippen LogP contribution in [-0.2, 0) is 0 Å². The van der Waals surface area contributed by atoms with E-state index in [4.69, 9.17) is 34.8 Å². The highest BCUT2D eigenvalue weighted by Crippen LogP contribution is 2.33. The van der Waals surface area contributed by atoms with Gasteiger partial charge in [-0.15, -0.1) is 25.0 Å². The predicted molar refractivity (Wildman–Crippen MR) is 66.0 cm³/mol. The second-order valence-corrected chi connectivity index (χ2v) is 3.34. The van der Waals surface area contributed by atoms with Crippen molar-refractivity contribution in [2.75, 3.05) is 0 Å². The van der Waals surface area contributed by atoms with E-state index in [9.17, 15) is 0 Å². The molecule has 0 N–H and O–H groups in total. The van der Waals surface area contributed by atoms with E-state index in [2.05, 4.69) is 12.6 Å². The maximum Gasteiger partial charge on any atom is 0.0789 e. The molecule has 0 aliphatic heterocycles. The molecule has 0 nitrogen and oxygen atoms in total. The summed E-state index contributed by atoms with van der Waals surface area (Å²) in [5, 5.41) is 1.21. The van der Waals surface area contributed by atoms with Gasteiger partial charge in [-0.2, -0.15) is 0 Å². The van der Waals surface area contributed by atoms with Gasteiger partial charge in [0, 0.05) is 4.90 Å². The number of rotatable bonds is 0. The highest BCUT2D eigenvalue weighted by Gasteiger charge is 2.04. The van der Waals surface area contributed by atoms with Gasteiger partial charge in [0.2, 0.25) is 0 Å². The molecular weight excluding hydrogens is 322 g/mol. The minimum atomic E-state index is 0. The Labute approximate surface area is 111 Å². The standard InChI is InChI=1S/C6H3Cl3S.ClH.4FH/c7-3-1-2-4(10)6(9)5(3)8;;;;;/h1-2,10H;5*1H. The van der Waals surface area contributed by atoms with E-state index >= 15 is 0 Å². The quantitative estimate of drug-likeness (QED) is 0.388. The molecule has 0 heterocycles. The van der Waals surface area contributed by atoms with Gasteiger partial charge in [0.1, 0.15) is 0 Å². The second kappa shape index (κ2) is 12.5. The molecule has 0 spiro atoms. The molecule has 0 unspecified atom stereocenters. The van der Waals surface area contributed by atoms with Crippen LogP contribution in [0.4, 0.5) is 18.8 Å². The predicted octanol–water partition coefficient (Wildman–Crippen LogP) is 4.97. The molecule has 0 saturated carbocycles. The van der Waals surface area contributed by atoms with E-state index in [-0.39, 0.29) is 31.2 Å². The lowest BCUT2D eigenvalue weighted by molar-refractivity contribution is 1.11. The molecule has 1 aromatic rings. The van der Waals surface area contributed by atoms with Crippen LogP contribution in [0.25, 0.3) is 0 Å². The van der Waals surface area contributed by atoms with Crippen molar-refractivity contribution in [3.8, 4) is 0 Å². The molecule has 0 bridgehead atoms. The van der Waals surface area contributed by atoms with E-state index in [0.29, 0.717) is 20.0 Å². The van der Waals surface area contributed by atoms with Gasteiger partial charge in [0.05, 0.1) is 15.1 Å². The largest absolute Gasteiger partial charge is 0.269 e. The summed E-state index contributed by atoms with van der Waals surface area (Å²) >= 11 is 21.0. The minimum absolute atomic E-state index is 0. The summed E-state index contributed by atoms with van der Waals surface area (Å²) in [5.74, 6) is 0. The fourth-order valence-corrected chi connectivity index (χ4v) is 1.30. The molecule has 0 aliphatic carbocycles. The smallest absolute Gasteiger partial charge is 0.0789 e. The first kappa shape index (κ1) is 29.5. The first-order valence-corrected chi connectivity index (χ1v) is 4.03. The molecule has 0 amide bonds. The summed E-state index contributed by atoms with van der Waals surface area (Å²) in [6.45, 7) is 0. The highest BCUT2D eigenvalue weighted by molar-refractivity contribution is 7.80. The van der Waals surface area contributed by atoms with Crippen molar-refractivity contribution >= 4 is 59.8 Å². The third-order valence-electron chi connectivity index (χ3n) is 1.01. The maximum atomic E-state index is 5.69. The Bertz CT molecular complexity index is 247. The lowest BCUT2D eigenvalue weighted by Gasteiger charge is -1.99.